The maximum atomic E-state index is 5.97. The summed E-state index contributed by atoms with van der Waals surface area (Å²) < 4.78 is 0. The van der Waals surface area contributed by atoms with Crippen molar-refractivity contribution < 1.29 is 0 Å². The highest BCUT2D eigenvalue weighted by Gasteiger charge is 2.20. The molecular weight excluding hydrogens is 246 g/mol. The summed E-state index contributed by atoms with van der Waals surface area (Å²) in [7, 11) is 2.10. The Kier molecular flexibility index (Phi) is 8.00. The van der Waals surface area contributed by atoms with Crippen LogP contribution >= 0.6 is 11.6 Å². The lowest BCUT2D eigenvalue weighted by molar-refractivity contribution is 0.125. The lowest BCUT2D eigenvalue weighted by Crippen LogP contribution is -2.54. The fourth-order valence-electron chi connectivity index (χ4n) is 1.40. The van der Waals surface area contributed by atoms with Crippen LogP contribution in [0.2, 0.25) is 0 Å². The lowest BCUT2D eigenvalue weighted by Gasteiger charge is -2.36. The SMILES string of the molecule is C=C/C=C(/Cl)C(=C)NCCNC(C)(C)N(C)CC. The molecule has 104 valence electrons. The summed E-state index contributed by atoms with van der Waals surface area (Å²) in [5.74, 6) is 0. The van der Waals surface area contributed by atoms with E-state index >= 15 is 0 Å². The quantitative estimate of drug-likeness (QED) is 0.384. The summed E-state index contributed by atoms with van der Waals surface area (Å²) in [5, 5.41) is 7.24. The van der Waals surface area contributed by atoms with E-state index in [2.05, 4.69) is 56.5 Å². The Hall–Kier alpha value is -0.770. The fourth-order valence-corrected chi connectivity index (χ4v) is 1.56. The van der Waals surface area contributed by atoms with Gasteiger partial charge in [-0.1, -0.05) is 37.8 Å². The van der Waals surface area contributed by atoms with Gasteiger partial charge in [0, 0.05) is 18.8 Å². The van der Waals surface area contributed by atoms with Crippen molar-refractivity contribution in [2.45, 2.75) is 26.4 Å². The molecule has 0 heterocycles. The molecule has 0 aromatic rings. The van der Waals surface area contributed by atoms with E-state index in [0.717, 1.165) is 25.3 Å². The van der Waals surface area contributed by atoms with Gasteiger partial charge in [0.2, 0.25) is 0 Å². The van der Waals surface area contributed by atoms with E-state index in [0.29, 0.717) is 5.03 Å². The number of nitrogens with zero attached hydrogens (tertiary/aromatic N) is 1. The number of hydrogen-bond acceptors (Lipinski definition) is 3. The van der Waals surface area contributed by atoms with Gasteiger partial charge in [-0.3, -0.25) is 10.2 Å². The van der Waals surface area contributed by atoms with Crippen LogP contribution in [0.4, 0.5) is 0 Å². The molecule has 18 heavy (non-hydrogen) atoms. The van der Waals surface area contributed by atoms with Gasteiger partial charge in [0.25, 0.3) is 0 Å². The minimum absolute atomic E-state index is 0.0154. The largest absolute Gasteiger partial charge is 0.383 e. The highest BCUT2D eigenvalue weighted by atomic mass is 35.5. The Morgan fingerprint density at radius 1 is 1.39 bits per heavy atom. The van der Waals surface area contributed by atoms with Crippen LogP contribution < -0.4 is 10.6 Å². The Morgan fingerprint density at radius 3 is 2.50 bits per heavy atom. The topological polar surface area (TPSA) is 27.3 Å². The lowest BCUT2D eigenvalue weighted by atomic mass is 10.2. The van der Waals surface area contributed by atoms with Gasteiger partial charge in [-0.05, 0) is 33.5 Å². The summed E-state index contributed by atoms with van der Waals surface area (Å²) >= 11 is 5.97. The second-order valence-electron chi connectivity index (χ2n) is 4.66. The van der Waals surface area contributed by atoms with E-state index in [1.165, 1.54) is 0 Å². The molecule has 0 rings (SSSR count). The molecule has 0 radical (unpaired) electrons. The van der Waals surface area contributed by atoms with Crippen molar-refractivity contribution >= 4 is 11.6 Å². The molecule has 0 aliphatic rings. The molecular formula is C14H26ClN3. The molecule has 0 aromatic carbocycles. The first-order chi connectivity index (χ1) is 8.35. The summed E-state index contributed by atoms with van der Waals surface area (Å²) in [6, 6.07) is 0. The van der Waals surface area contributed by atoms with Crippen molar-refractivity contribution in [1.82, 2.24) is 15.5 Å². The zero-order valence-electron chi connectivity index (χ0n) is 12.0. The molecule has 0 saturated carbocycles. The standard InChI is InChI=1S/C14H26ClN3/c1-7-9-13(15)12(3)16-10-11-17-14(4,5)18(6)8-2/h7,9,16-17H,1,3,8,10-11H2,2,4-6H3/b13-9+. The maximum absolute atomic E-state index is 5.97. The van der Waals surface area contributed by atoms with Gasteiger partial charge in [0.1, 0.15) is 0 Å². The van der Waals surface area contributed by atoms with Gasteiger partial charge in [-0.25, -0.2) is 0 Å². The molecule has 0 aromatic heterocycles. The summed E-state index contributed by atoms with van der Waals surface area (Å²) in [6.07, 6.45) is 3.37. The van der Waals surface area contributed by atoms with E-state index in [9.17, 15) is 0 Å². The van der Waals surface area contributed by atoms with E-state index < -0.39 is 0 Å². The predicted octanol–water partition coefficient (Wildman–Crippen LogP) is 2.68. The first-order valence-corrected chi connectivity index (χ1v) is 6.60. The van der Waals surface area contributed by atoms with Gasteiger partial charge in [-0.15, -0.1) is 0 Å². The molecule has 0 saturated heterocycles. The summed E-state index contributed by atoms with van der Waals surface area (Å²) in [6.45, 7) is 16.6. The molecule has 0 amide bonds. The molecule has 3 nitrogen and oxygen atoms in total. The van der Waals surface area contributed by atoms with Crippen LogP contribution in [0.1, 0.15) is 20.8 Å². The van der Waals surface area contributed by atoms with Crippen molar-refractivity contribution in [3.63, 3.8) is 0 Å². The van der Waals surface area contributed by atoms with Gasteiger partial charge in [0.05, 0.1) is 10.7 Å². The average molecular weight is 272 g/mol. The molecule has 2 N–H and O–H groups in total. The molecule has 0 unspecified atom stereocenters. The van der Waals surface area contributed by atoms with Crippen LogP contribution in [0.15, 0.2) is 36.0 Å². The molecule has 0 aliphatic heterocycles. The van der Waals surface area contributed by atoms with Crippen LogP contribution in [0.3, 0.4) is 0 Å². The summed E-state index contributed by atoms with van der Waals surface area (Å²) in [5.41, 5.74) is 0.707. The van der Waals surface area contributed by atoms with Crippen LogP contribution in [0.5, 0.6) is 0 Å². The van der Waals surface area contributed by atoms with Gasteiger partial charge in [0.15, 0.2) is 0 Å². The monoisotopic (exact) mass is 271 g/mol. The van der Waals surface area contributed by atoms with Crippen molar-refractivity contribution in [2.75, 3.05) is 26.7 Å². The van der Waals surface area contributed by atoms with Crippen LogP contribution in [0.25, 0.3) is 0 Å². The number of nitrogens with one attached hydrogen (secondary N) is 2. The normalized spacial score (nSPS) is 12.7. The highest BCUT2D eigenvalue weighted by Crippen LogP contribution is 2.09. The van der Waals surface area contributed by atoms with Crippen molar-refractivity contribution in [3.05, 3.63) is 36.0 Å². The van der Waals surface area contributed by atoms with Crippen molar-refractivity contribution in [3.8, 4) is 0 Å². The van der Waals surface area contributed by atoms with E-state index in [1.54, 1.807) is 12.2 Å². The molecule has 4 heteroatoms. The predicted molar refractivity (Wildman–Crippen MR) is 81.7 cm³/mol. The maximum Gasteiger partial charge on any atom is 0.0652 e. The number of halogens is 1. The first kappa shape index (κ1) is 17.2. The van der Waals surface area contributed by atoms with Crippen LogP contribution in [-0.4, -0.2) is 37.2 Å². The second-order valence-corrected chi connectivity index (χ2v) is 5.06. The minimum Gasteiger partial charge on any atom is -0.383 e. The fraction of sp³-hybridized carbons (Fsp3) is 0.571. The van der Waals surface area contributed by atoms with Crippen molar-refractivity contribution in [2.24, 2.45) is 0 Å². The highest BCUT2D eigenvalue weighted by molar-refractivity contribution is 6.31. The van der Waals surface area contributed by atoms with Gasteiger partial charge in [-0.2, -0.15) is 0 Å². The Morgan fingerprint density at radius 2 is 2.00 bits per heavy atom. The summed E-state index contributed by atoms with van der Waals surface area (Å²) in [4.78, 5) is 2.26. The molecule has 0 bridgehead atoms. The van der Waals surface area contributed by atoms with Crippen LogP contribution in [0, 0.1) is 0 Å². The van der Waals surface area contributed by atoms with Crippen LogP contribution in [-0.2, 0) is 0 Å². The van der Waals surface area contributed by atoms with Gasteiger partial charge >= 0.3 is 0 Å². The minimum atomic E-state index is -0.0154. The zero-order chi connectivity index (χ0) is 14.2. The zero-order valence-corrected chi connectivity index (χ0v) is 12.8. The molecule has 0 atom stereocenters. The Bertz CT molecular complexity index is 308. The number of rotatable bonds is 9. The second kappa shape index (κ2) is 8.35. The Balaban J connectivity index is 3.97. The molecule has 0 fully saturated rings. The molecule has 0 spiro atoms. The third-order valence-electron chi connectivity index (χ3n) is 3.00. The van der Waals surface area contributed by atoms with E-state index in [-0.39, 0.29) is 5.66 Å². The molecule has 0 aliphatic carbocycles. The number of hydrogen-bond donors (Lipinski definition) is 2. The third kappa shape index (κ3) is 6.24. The Labute approximate surface area is 117 Å². The smallest absolute Gasteiger partial charge is 0.0652 e. The van der Waals surface area contributed by atoms with Crippen molar-refractivity contribution in [1.29, 1.82) is 0 Å². The van der Waals surface area contributed by atoms with Gasteiger partial charge < -0.3 is 5.32 Å². The van der Waals surface area contributed by atoms with E-state index in [4.69, 9.17) is 11.6 Å². The number of allylic oxidation sites excluding steroid dienone is 3. The third-order valence-corrected chi connectivity index (χ3v) is 3.36. The average Bonchev–Trinajstić information content (AvgIpc) is 2.33. The van der Waals surface area contributed by atoms with E-state index in [1.807, 2.05) is 0 Å². The first-order valence-electron chi connectivity index (χ1n) is 6.22.